The number of carbonyl (C=O) groups is 1. The lowest BCUT2D eigenvalue weighted by Crippen LogP contribution is -2.44. The van der Waals surface area contributed by atoms with Gasteiger partial charge < -0.3 is 24.4 Å². The van der Waals surface area contributed by atoms with Crippen LogP contribution in [0.15, 0.2) is 36.5 Å². The van der Waals surface area contributed by atoms with E-state index in [-0.39, 0.29) is 17.6 Å². The van der Waals surface area contributed by atoms with Crippen LogP contribution in [0, 0.1) is 0 Å². The number of amides is 1. The number of piperidine rings is 1. The summed E-state index contributed by atoms with van der Waals surface area (Å²) in [5.74, 6) is 0.567. The largest absolute Gasteiger partial charge is 0.573 e. The van der Waals surface area contributed by atoms with Crippen LogP contribution in [-0.4, -0.2) is 83.3 Å². The van der Waals surface area contributed by atoms with Crippen molar-refractivity contribution in [1.29, 1.82) is 0 Å². The van der Waals surface area contributed by atoms with E-state index in [1.807, 2.05) is 6.07 Å². The van der Waals surface area contributed by atoms with Gasteiger partial charge in [0.05, 0.1) is 5.52 Å². The Morgan fingerprint density at radius 2 is 1.71 bits per heavy atom. The molecule has 2 fully saturated rings. The predicted octanol–water partition coefficient (Wildman–Crippen LogP) is 3.63. The van der Waals surface area contributed by atoms with Crippen molar-refractivity contribution in [2.75, 3.05) is 51.2 Å². The van der Waals surface area contributed by atoms with Crippen LogP contribution in [0.25, 0.3) is 11.2 Å². The Bertz CT molecular complexity index is 1180. The molecule has 0 saturated carbocycles. The predicted molar refractivity (Wildman–Crippen MR) is 125 cm³/mol. The molecule has 1 N–H and O–H groups in total. The number of likely N-dealkylation sites (N-methyl/N-ethyl adjacent to an activating group) is 1. The monoisotopic (exact) mass is 488 g/mol. The van der Waals surface area contributed by atoms with E-state index in [4.69, 9.17) is 4.98 Å². The van der Waals surface area contributed by atoms with Gasteiger partial charge in [-0.2, -0.15) is 4.98 Å². The molecule has 0 radical (unpaired) electrons. The van der Waals surface area contributed by atoms with E-state index >= 15 is 0 Å². The van der Waals surface area contributed by atoms with Crippen molar-refractivity contribution < 1.29 is 22.7 Å². The summed E-state index contributed by atoms with van der Waals surface area (Å²) >= 11 is 0. The van der Waals surface area contributed by atoms with Gasteiger partial charge in [-0.15, -0.1) is 13.2 Å². The number of H-pyrrole nitrogens is 1. The second-order valence-electron chi connectivity index (χ2n) is 9.09. The van der Waals surface area contributed by atoms with Crippen LogP contribution in [0.2, 0.25) is 0 Å². The summed E-state index contributed by atoms with van der Waals surface area (Å²) in [6, 6.07) is 7.09. The van der Waals surface area contributed by atoms with E-state index in [1.165, 1.54) is 12.1 Å². The van der Waals surface area contributed by atoms with Crippen LogP contribution in [0.3, 0.4) is 0 Å². The van der Waals surface area contributed by atoms with E-state index < -0.39 is 6.36 Å². The number of hydrogen-bond acceptors (Lipinski definition) is 6. The molecule has 2 aromatic heterocycles. The molecule has 35 heavy (non-hydrogen) atoms. The lowest BCUT2D eigenvalue weighted by molar-refractivity contribution is -0.274. The third kappa shape index (κ3) is 5.19. The fourth-order valence-electron chi connectivity index (χ4n) is 4.80. The minimum Gasteiger partial charge on any atom is -0.406 e. The van der Waals surface area contributed by atoms with Crippen LogP contribution in [0.4, 0.5) is 19.1 Å². The third-order valence-electron chi connectivity index (χ3n) is 6.77. The van der Waals surface area contributed by atoms with Crippen LogP contribution < -0.4 is 9.64 Å². The summed E-state index contributed by atoms with van der Waals surface area (Å²) in [6.07, 6.45) is -1.41. The van der Waals surface area contributed by atoms with Gasteiger partial charge in [0.2, 0.25) is 5.95 Å². The van der Waals surface area contributed by atoms with Gasteiger partial charge in [-0.1, -0.05) is 0 Å². The van der Waals surface area contributed by atoms with Gasteiger partial charge in [-0.05, 0) is 61.7 Å². The van der Waals surface area contributed by atoms with Crippen LogP contribution in [0.1, 0.15) is 34.7 Å². The molecule has 0 unspecified atom stereocenters. The van der Waals surface area contributed by atoms with Crippen LogP contribution in [0.5, 0.6) is 5.75 Å². The highest BCUT2D eigenvalue weighted by molar-refractivity contribution is 5.94. The zero-order chi connectivity index (χ0) is 24.6. The van der Waals surface area contributed by atoms with Crippen LogP contribution in [-0.2, 0) is 0 Å². The number of aromatic nitrogens is 3. The van der Waals surface area contributed by atoms with E-state index in [1.54, 1.807) is 11.1 Å². The second-order valence-corrected chi connectivity index (χ2v) is 9.09. The molecule has 1 aromatic carbocycles. The maximum atomic E-state index is 12.9. The molecule has 11 heteroatoms. The van der Waals surface area contributed by atoms with Crippen molar-refractivity contribution in [2.24, 2.45) is 0 Å². The number of hydrogen-bond donors (Lipinski definition) is 1. The lowest BCUT2D eigenvalue weighted by Gasteiger charge is -2.32. The Hall–Kier alpha value is -3.34. The first-order chi connectivity index (χ1) is 16.8. The lowest BCUT2D eigenvalue weighted by atomic mass is 9.89. The Morgan fingerprint density at radius 3 is 2.37 bits per heavy atom. The van der Waals surface area contributed by atoms with Crippen molar-refractivity contribution in [3.8, 4) is 5.75 Å². The number of likely N-dealkylation sites (tertiary alicyclic amines) is 1. The molecule has 186 valence electrons. The molecule has 8 nitrogen and oxygen atoms in total. The maximum absolute atomic E-state index is 12.9. The zero-order valence-corrected chi connectivity index (χ0v) is 19.4. The number of carbonyl (C=O) groups excluding carboxylic acids is 1. The Balaban J connectivity index is 1.24. The highest BCUT2D eigenvalue weighted by Gasteiger charge is 2.31. The second kappa shape index (κ2) is 9.37. The van der Waals surface area contributed by atoms with Crippen molar-refractivity contribution in [3.63, 3.8) is 0 Å². The van der Waals surface area contributed by atoms with E-state index in [0.29, 0.717) is 24.3 Å². The van der Waals surface area contributed by atoms with Crippen molar-refractivity contribution in [2.45, 2.75) is 25.1 Å². The first kappa shape index (κ1) is 23.4. The highest BCUT2D eigenvalue weighted by atomic mass is 19.4. The molecule has 0 atom stereocenters. The van der Waals surface area contributed by atoms with Gasteiger partial charge in [0.25, 0.3) is 5.91 Å². The van der Waals surface area contributed by atoms with Gasteiger partial charge in [0, 0.05) is 51.0 Å². The number of nitrogens with one attached hydrogen (secondary N) is 1. The Labute approximate surface area is 200 Å². The molecule has 3 aromatic rings. The number of ether oxygens (including phenoxy) is 1. The quantitative estimate of drug-likeness (QED) is 0.605. The van der Waals surface area contributed by atoms with E-state index in [0.717, 1.165) is 68.2 Å². The number of rotatable bonds is 4. The molecule has 2 aliphatic rings. The summed E-state index contributed by atoms with van der Waals surface area (Å²) in [5, 5.41) is 0. The standard InChI is InChI=1S/C24H27F3N6O2/c1-31-12-14-33(15-13-31)23-29-20-19(6-9-28-21(20)30-23)16-7-10-32(11-8-16)22(34)17-2-4-18(5-3-17)35-24(25,26)27/h2-6,9,16H,7-8,10-15H2,1H3,(H,28,29,30). The Morgan fingerprint density at radius 1 is 1.03 bits per heavy atom. The van der Waals surface area contributed by atoms with E-state index in [2.05, 4.69) is 31.6 Å². The molecule has 2 saturated heterocycles. The highest BCUT2D eigenvalue weighted by Crippen LogP contribution is 2.33. The number of alkyl halides is 3. The zero-order valence-electron chi connectivity index (χ0n) is 19.4. The number of nitrogens with zero attached hydrogens (tertiary/aromatic N) is 5. The number of imidazole rings is 1. The molecule has 5 rings (SSSR count). The van der Waals surface area contributed by atoms with E-state index in [9.17, 15) is 18.0 Å². The smallest absolute Gasteiger partial charge is 0.406 e. The van der Waals surface area contributed by atoms with Gasteiger partial charge in [-0.3, -0.25) is 4.79 Å². The molecule has 0 spiro atoms. The number of fused-ring (bicyclic) bond motifs is 1. The molecular weight excluding hydrogens is 461 g/mol. The number of aromatic amines is 1. The molecule has 4 heterocycles. The average molecular weight is 489 g/mol. The third-order valence-corrected chi connectivity index (χ3v) is 6.77. The number of benzene rings is 1. The molecule has 0 bridgehead atoms. The number of pyridine rings is 1. The summed E-state index contributed by atoms with van der Waals surface area (Å²) < 4.78 is 41.0. The normalized spacial score (nSPS) is 18.3. The van der Waals surface area contributed by atoms with Gasteiger partial charge in [-0.25, -0.2) is 4.98 Å². The SMILES string of the molecule is CN1CCN(c2nc3nccc(C4CCN(C(=O)c5ccc(OC(F)(F)F)cc5)CC4)c3[nH]2)CC1. The molecular formula is C24H27F3N6O2. The van der Waals surface area contributed by atoms with Gasteiger partial charge in [0.1, 0.15) is 5.75 Å². The first-order valence-electron chi connectivity index (χ1n) is 11.7. The molecule has 1 amide bonds. The average Bonchev–Trinajstić information content (AvgIpc) is 3.28. The number of piperazine rings is 1. The molecule has 0 aliphatic carbocycles. The van der Waals surface area contributed by atoms with Gasteiger partial charge in [0.15, 0.2) is 5.65 Å². The minimum atomic E-state index is -4.76. The topological polar surface area (TPSA) is 77.6 Å². The summed E-state index contributed by atoms with van der Waals surface area (Å²) in [7, 11) is 2.12. The maximum Gasteiger partial charge on any atom is 0.573 e. The van der Waals surface area contributed by atoms with Crippen molar-refractivity contribution in [1.82, 2.24) is 24.8 Å². The van der Waals surface area contributed by atoms with Crippen molar-refractivity contribution >= 4 is 23.0 Å². The Kier molecular flexibility index (Phi) is 6.26. The fourth-order valence-corrected chi connectivity index (χ4v) is 4.80. The summed E-state index contributed by atoms with van der Waals surface area (Å²) in [6.45, 7) is 4.93. The summed E-state index contributed by atoms with van der Waals surface area (Å²) in [5.41, 5.74) is 3.15. The fraction of sp³-hybridized carbons (Fsp3) is 0.458. The minimum absolute atomic E-state index is 0.194. The molecule has 2 aliphatic heterocycles. The van der Waals surface area contributed by atoms with Crippen LogP contribution >= 0.6 is 0 Å². The van der Waals surface area contributed by atoms with Crippen molar-refractivity contribution in [3.05, 3.63) is 47.7 Å². The first-order valence-corrected chi connectivity index (χ1v) is 11.7. The number of halogens is 3. The number of anilines is 1. The summed E-state index contributed by atoms with van der Waals surface area (Å²) in [4.78, 5) is 31.8. The van der Waals surface area contributed by atoms with Gasteiger partial charge >= 0.3 is 6.36 Å².